The van der Waals surface area contributed by atoms with Crippen LogP contribution < -0.4 is 0 Å². The number of benzene rings is 2. The van der Waals surface area contributed by atoms with E-state index < -0.39 is 0 Å². The molecule has 2 aliphatic rings. The van der Waals surface area contributed by atoms with E-state index in [4.69, 9.17) is 16.6 Å². The van der Waals surface area contributed by atoms with Gasteiger partial charge in [-0.1, -0.05) is 48.0 Å². The van der Waals surface area contributed by atoms with Crippen molar-refractivity contribution in [2.24, 2.45) is 11.8 Å². The van der Waals surface area contributed by atoms with Crippen molar-refractivity contribution in [2.75, 3.05) is 0 Å². The summed E-state index contributed by atoms with van der Waals surface area (Å²) in [6, 6.07) is 16.9. The average Bonchev–Trinajstić information content (AvgIpc) is 3.21. The number of imidazole rings is 1. The van der Waals surface area contributed by atoms with Crippen molar-refractivity contribution in [3.8, 4) is 11.4 Å². The third-order valence-electron chi connectivity index (χ3n) is 6.26. The molecule has 132 valence electrons. The summed E-state index contributed by atoms with van der Waals surface area (Å²) in [6.07, 6.45) is 7.20. The number of hydrogen-bond acceptors (Lipinski definition) is 1. The Morgan fingerprint density at radius 3 is 2.31 bits per heavy atom. The molecular formula is C23H23ClN2. The number of nitrogens with zero attached hydrogens (tertiary/aromatic N) is 1. The minimum absolute atomic E-state index is 0.762. The van der Waals surface area contributed by atoms with Crippen molar-refractivity contribution in [3.05, 3.63) is 76.1 Å². The molecule has 3 aromatic rings. The van der Waals surface area contributed by atoms with E-state index in [1.807, 2.05) is 24.3 Å². The highest BCUT2D eigenvalue weighted by Crippen LogP contribution is 2.38. The minimum atomic E-state index is 0.762. The topological polar surface area (TPSA) is 28.7 Å². The van der Waals surface area contributed by atoms with Gasteiger partial charge in [0.15, 0.2) is 0 Å². The predicted octanol–water partition coefficient (Wildman–Crippen LogP) is 5.64. The molecule has 2 aliphatic carbocycles. The van der Waals surface area contributed by atoms with Gasteiger partial charge in [-0.15, -0.1) is 0 Å². The highest BCUT2D eigenvalue weighted by molar-refractivity contribution is 6.33. The molecule has 0 saturated heterocycles. The molecule has 3 heteroatoms. The average molecular weight is 363 g/mol. The standard InChI is InChI=1S/C23H23ClN2/c24-20-8-4-3-7-19(20)23-25-21-11-9-15(10-12-22(21)26-23)18-13-16-5-1-2-6-17(16)14-18/h1-8,15,18H,9-14H2,(H,25,26). The summed E-state index contributed by atoms with van der Waals surface area (Å²) in [7, 11) is 0. The smallest absolute Gasteiger partial charge is 0.139 e. The van der Waals surface area contributed by atoms with E-state index in [9.17, 15) is 0 Å². The molecular weight excluding hydrogens is 340 g/mol. The van der Waals surface area contributed by atoms with Crippen LogP contribution in [0.1, 0.15) is 35.4 Å². The van der Waals surface area contributed by atoms with Gasteiger partial charge in [0, 0.05) is 11.3 Å². The molecule has 0 fully saturated rings. The Hall–Kier alpha value is -2.06. The lowest BCUT2D eigenvalue weighted by Crippen LogP contribution is -2.15. The van der Waals surface area contributed by atoms with Crippen molar-refractivity contribution in [1.82, 2.24) is 9.97 Å². The highest BCUT2D eigenvalue weighted by Gasteiger charge is 2.30. The second-order valence-corrected chi connectivity index (χ2v) is 8.17. The molecule has 0 amide bonds. The number of fused-ring (bicyclic) bond motifs is 2. The lowest BCUT2D eigenvalue weighted by atomic mass is 9.84. The normalized spacial score (nSPS) is 17.7. The van der Waals surface area contributed by atoms with Crippen LogP contribution in [0.5, 0.6) is 0 Å². The van der Waals surface area contributed by atoms with E-state index in [2.05, 4.69) is 29.2 Å². The monoisotopic (exact) mass is 362 g/mol. The van der Waals surface area contributed by atoms with E-state index in [-0.39, 0.29) is 0 Å². The lowest BCUT2D eigenvalue weighted by molar-refractivity contribution is 0.310. The number of rotatable bonds is 2. The van der Waals surface area contributed by atoms with Crippen LogP contribution in [-0.4, -0.2) is 9.97 Å². The Labute approximate surface area is 159 Å². The minimum Gasteiger partial charge on any atom is -0.342 e. The molecule has 0 aliphatic heterocycles. The van der Waals surface area contributed by atoms with Crippen molar-refractivity contribution in [1.29, 1.82) is 0 Å². The first-order valence-electron chi connectivity index (χ1n) is 9.67. The maximum Gasteiger partial charge on any atom is 0.139 e. The fraction of sp³-hybridized carbons (Fsp3) is 0.348. The lowest BCUT2D eigenvalue weighted by Gasteiger charge is -2.21. The van der Waals surface area contributed by atoms with Crippen LogP contribution in [0.25, 0.3) is 11.4 Å². The molecule has 1 heterocycles. The third-order valence-corrected chi connectivity index (χ3v) is 6.59. The summed E-state index contributed by atoms with van der Waals surface area (Å²) in [5, 5.41) is 0.762. The first kappa shape index (κ1) is 16.1. The Bertz CT molecular complexity index is 892. The van der Waals surface area contributed by atoms with E-state index in [0.29, 0.717) is 0 Å². The van der Waals surface area contributed by atoms with Gasteiger partial charge in [0.25, 0.3) is 0 Å². The van der Waals surface area contributed by atoms with Crippen LogP contribution in [0.3, 0.4) is 0 Å². The summed E-state index contributed by atoms with van der Waals surface area (Å²) >= 11 is 6.35. The Morgan fingerprint density at radius 1 is 0.846 bits per heavy atom. The van der Waals surface area contributed by atoms with Crippen molar-refractivity contribution < 1.29 is 0 Å². The maximum absolute atomic E-state index is 6.35. The summed E-state index contributed by atoms with van der Waals surface area (Å²) in [5.74, 6) is 2.53. The van der Waals surface area contributed by atoms with Crippen LogP contribution in [0, 0.1) is 11.8 Å². The summed E-state index contributed by atoms with van der Waals surface area (Å²) in [6.45, 7) is 0. The van der Waals surface area contributed by atoms with Crippen LogP contribution >= 0.6 is 11.6 Å². The Balaban J connectivity index is 1.32. The summed E-state index contributed by atoms with van der Waals surface area (Å²) in [4.78, 5) is 8.47. The van der Waals surface area contributed by atoms with Gasteiger partial charge < -0.3 is 4.98 Å². The Kier molecular flexibility index (Phi) is 4.09. The highest BCUT2D eigenvalue weighted by atomic mass is 35.5. The first-order chi connectivity index (χ1) is 12.8. The SMILES string of the molecule is Clc1ccccc1-c1nc2c([nH]1)CCC(C1Cc3ccccc3C1)CC2. The molecule has 0 saturated carbocycles. The number of nitrogens with one attached hydrogen (secondary N) is 1. The molecule has 2 aromatic carbocycles. The van der Waals surface area contributed by atoms with Crippen LogP contribution in [0.15, 0.2) is 48.5 Å². The maximum atomic E-state index is 6.35. The molecule has 1 N–H and O–H groups in total. The molecule has 0 spiro atoms. The molecule has 26 heavy (non-hydrogen) atoms. The number of hydrogen-bond donors (Lipinski definition) is 1. The van der Waals surface area contributed by atoms with Gasteiger partial charge >= 0.3 is 0 Å². The summed E-state index contributed by atoms with van der Waals surface area (Å²) < 4.78 is 0. The Morgan fingerprint density at radius 2 is 1.54 bits per heavy atom. The van der Waals surface area contributed by atoms with E-state index >= 15 is 0 Å². The van der Waals surface area contributed by atoms with E-state index in [1.165, 1.54) is 37.1 Å². The zero-order valence-corrected chi connectivity index (χ0v) is 15.6. The molecule has 0 radical (unpaired) electrons. The molecule has 1 unspecified atom stereocenters. The number of H-pyrrole nitrogens is 1. The van der Waals surface area contributed by atoms with Gasteiger partial charge in [-0.2, -0.15) is 0 Å². The van der Waals surface area contributed by atoms with Crippen LogP contribution in [-0.2, 0) is 25.7 Å². The van der Waals surface area contributed by atoms with E-state index in [1.54, 1.807) is 11.1 Å². The van der Waals surface area contributed by atoms with Crippen molar-refractivity contribution >= 4 is 11.6 Å². The predicted molar refractivity (Wildman–Crippen MR) is 107 cm³/mol. The van der Waals surface area contributed by atoms with Gasteiger partial charge in [-0.25, -0.2) is 4.98 Å². The van der Waals surface area contributed by atoms with Gasteiger partial charge in [-0.05, 0) is 73.6 Å². The molecule has 1 atom stereocenters. The third kappa shape index (κ3) is 2.87. The number of aromatic nitrogens is 2. The van der Waals surface area contributed by atoms with Gasteiger partial charge in [0.2, 0.25) is 0 Å². The zero-order chi connectivity index (χ0) is 17.5. The van der Waals surface area contributed by atoms with Gasteiger partial charge in [0.05, 0.1) is 10.7 Å². The number of halogens is 1. The fourth-order valence-corrected chi connectivity index (χ4v) is 5.06. The second-order valence-electron chi connectivity index (χ2n) is 7.76. The molecule has 1 aromatic heterocycles. The second kappa shape index (κ2) is 6.59. The van der Waals surface area contributed by atoms with Crippen molar-refractivity contribution in [3.63, 3.8) is 0 Å². The first-order valence-corrected chi connectivity index (χ1v) is 10.0. The van der Waals surface area contributed by atoms with Gasteiger partial charge in [0.1, 0.15) is 5.82 Å². The largest absolute Gasteiger partial charge is 0.342 e. The molecule has 0 bridgehead atoms. The fourth-order valence-electron chi connectivity index (χ4n) is 4.83. The summed E-state index contributed by atoms with van der Waals surface area (Å²) in [5.41, 5.74) is 6.71. The number of aryl methyl sites for hydroxylation is 2. The van der Waals surface area contributed by atoms with E-state index in [0.717, 1.165) is 41.1 Å². The van der Waals surface area contributed by atoms with Crippen LogP contribution in [0.4, 0.5) is 0 Å². The zero-order valence-electron chi connectivity index (χ0n) is 14.8. The van der Waals surface area contributed by atoms with Crippen LogP contribution in [0.2, 0.25) is 5.02 Å². The molecule has 2 nitrogen and oxygen atoms in total. The molecule has 5 rings (SSSR count). The van der Waals surface area contributed by atoms with Crippen molar-refractivity contribution in [2.45, 2.75) is 38.5 Å². The number of aromatic amines is 1. The van der Waals surface area contributed by atoms with Gasteiger partial charge in [-0.3, -0.25) is 0 Å². The quantitative estimate of drug-likeness (QED) is 0.587.